The summed E-state index contributed by atoms with van der Waals surface area (Å²) >= 11 is 0. The highest BCUT2D eigenvalue weighted by atomic mass is 17.0. The summed E-state index contributed by atoms with van der Waals surface area (Å²) in [7, 11) is 1.13. The molecule has 1 aliphatic rings. The van der Waals surface area contributed by atoms with E-state index in [1.807, 2.05) is 0 Å². The first-order chi connectivity index (χ1) is 11.0. The Labute approximate surface area is 130 Å². The summed E-state index contributed by atoms with van der Waals surface area (Å²) in [6.07, 6.45) is -0.998. The number of nitrogens with zero attached hydrogens (tertiary/aromatic N) is 3. The Balaban J connectivity index is 1.99. The van der Waals surface area contributed by atoms with Crippen molar-refractivity contribution in [2.24, 2.45) is 0 Å². The number of carbonyl (C=O) groups is 2. The summed E-state index contributed by atoms with van der Waals surface area (Å²) in [6.45, 7) is -0.262. The van der Waals surface area contributed by atoms with Crippen LogP contribution in [0, 0.1) is 0 Å². The lowest BCUT2D eigenvalue weighted by Crippen LogP contribution is -2.36. The standard InChI is InChI=1S/C12H16N4O7/c1-21-16(10(19)5-17)22-6-8-7(18)4-11(23-8)15-3-2-9(13)14-12(15)20/h2-3,5,7-8,11,18H,4,6H2,1H3,(H2,13,14,20)/t7-,8+,11+/m0/s1. The van der Waals surface area contributed by atoms with Crippen LogP contribution in [0.1, 0.15) is 12.6 Å². The van der Waals surface area contributed by atoms with Crippen molar-refractivity contribution in [3.63, 3.8) is 0 Å². The highest BCUT2D eigenvalue weighted by Gasteiger charge is 2.36. The van der Waals surface area contributed by atoms with E-state index in [0.717, 1.165) is 7.11 Å². The number of aliphatic hydroxyl groups excluding tert-OH is 1. The molecule has 2 heterocycles. The lowest BCUT2D eigenvalue weighted by Gasteiger charge is -2.20. The summed E-state index contributed by atoms with van der Waals surface area (Å²) in [5.41, 5.74) is 4.79. The molecule has 0 saturated carbocycles. The molecule has 1 aromatic heterocycles. The third-order valence-corrected chi connectivity index (χ3v) is 3.17. The lowest BCUT2D eigenvalue weighted by atomic mass is 10.2. The van der Waals surface area contributed by atoms with E-state index in [1.54, 1.807) is 0 Å². The number of hydrogen-bond donors (Lipinski definition) is 2. The zero-order valence-electron chi connectivity index (χ0n) is 12.2. The zero-order chi connectivity index (χ0) is 17.0. The van der Waals surface area contributed by atoms with Crippen molar-refractivity contribution in [1.82, 2.24) is 14.8 Å². The molecular weight excluding hydrogens is 312 g/mol. The summed E-state index contributed by atoms with van der Waals surface area (Å²) in [5.74, 6) is -0.969. The Bertz CT molecular complexity index is 634. The van der Waals surface area contributed by atoms with Crippen molar-refractivity contribution in [1.29, 1.82) is 0 Å². The third kappa shape index (κ3) is 3.90. The number of aldehydes is 1. The van der Waals surface area contributed by atoms with Gasteiger partial charge >= 0.3 is 11.6 Å². The smallest absolute Gasteiger partial charge is 0.351 e. The fraction of sp³-hybridized carbons (Fsp3) is 0.500. The average Bonchev–Trinajstić information content (AvgIpc) is 2.88. The summed E-state index contributed by atoms with van der Waals surface area (Å²) in [6, 6.07) is 1.43. The van der Waals surface area contributed by atoms with Gasteiger partial charge in [-0.15, -0.1) is 0 Å². The first-order valence-electron chi connectivity index (χ1n) is 6.60. The number of aliphatic hydroxyl groups is 1. The largest absolute Gasteiger partial charge is 0.390 e. The quantitative estimate of drug-likeness (QED) is 0.343. The summed E-state index contributed by atoms with van der Waals surface area (Å²) < 4.78 is 6.70. The van der Waals surface area contributed by atoms with Gasteiger partial charge in [-0.2, -0.15) is 4.98 Å². The van der Waals surface area contributed by atoms with Crippen LogP contribution in [-0.4, -0.2) is 58.0 Å². The van der Waals surface area contributed by atoms with Gasteiger partial charge in [-0.25, -0.2) is 14.5 Å². The van der Waals surface area contributed by atoms with Crippen LogP contribution >= 0.6 is 0 Å². The van der Waals surface area contributed by atoms with Gasteiger partial charge in [-0.3, -0.25) is 14.2 Å². The SMILES string of the molecule is CON(OC[C@H]1O[C@@H](n2ccc(N)nc2=O)C[C@@H]1O)C(=O)C=O. The van der Waals surface area contributed by atoms with Crippen molar-refractivity contribution in [3.8, 4) is 0 Å². The Morgan fingerprint density at radius 3 is 3.04 bits per heavy atom. The molecule has 11 heteroatoms. The van der Waals surface area contributed by atoms with Gasteiger partial charge in [-0.1, -0.05) is 5.23 Å². The minimum atomic E-state index is -1.05. The number of ether oxygens (including phenoxy) is 1. The second-order valence-electron chi connectivity index (χ2n) is 4.67. The van der Waals surface area contributed by atoms with Gasteiger partial charge in [0, 0.05) is 12.6 Å². The van der Waals surface area contributed by atoms with E-state index in [0.29, 0.717) is 5.23 Å². The number of rotatable bonds is 6. The van der Waals surface area contributed by atoms with Crippen molar-refractivity contribution in [3.05, 3.63) is 22.7 Å². The number of amides is 1. The van der Waals surface area contributed by atoms with Crippen molar-refractivity contribution >= 4 is 18.0 Å². The molecule has 1 aliphatic heterocycles. The van der Waals surface area contributed by atoms with Gasteiger partial charge in [0.1, 0.15) is 24.8 Å². The lowest BCUT2D eigenvalue weighted by molar-refractivity contribution is -0.335. The van der Waals surface area contributed by atoms with Crippen LogP contribution in [0.3, 0.4) is 0 Å². The molecule has 0 bridgehead atoms. The molecule has 0 aliphatic carbocycles. The predicted octanol–water partition coefficient (Wildman–Crippen LogP) is -2.01. The number of hydrogen-bond acceptors (Lipinski definition) is 9. The van der Waals surface area contributed by atoms with E-state index in [-0.39, 0.29) is 25.1 Å². The topological polar surface area (TPSA) is 146 Å². The van der Waals surface area contributed by atoms with Gasteiger partial charge in [0.2, 0.25) is 6.29 Å². The first kappa shape index (κ1) is 17.0. The molecule has 11 nitrogen and oxygen atoms in total. The molecule has 126 valence electrons. The number of nitrogen functional groups attached to an aromatic ring is 1. The van der Waals surface area contributed by atoms with E-state index in [1.165, 1.54) is 16.8 Å². The van der Waals surface area contributed by atoms with E-state index >= 15 is 0 Å². The molecular formula is C12H16N4O7. The van der Waals surface area contributed by atoms with Gasteiger partial charge in [0.05, 0.1) is 13.2 Å². The monoisotopic (exact) mass is 328 g/mol. The Morgan fingerprint density at radius 2 is 2.43 bits per heavy atom. The maximum atomic E-state index is 11.7. The molecule has 1 saturated heterocycles. The number of nitrogens with two attached hydrogens (primary N) is 1. The van der Waals surface area contributed by atoms with E-state index < -0.39 is 30.0 Å². The van der Waals surface area contributed by atoms with Gasteiger partial charge in [0.25, 0.3) is 0 Å². The predicted molar refractivity (Wildman–Crippen MR) is 73.3 cm³/mol. The second-order valence-corrected chi connectivity index (χ2v) is 4.67. The highest BCUT2D eigenvalue weighted by Crippen LogP contribution is 2.28. The Hall–Kier alpha value is -2.34. The number of carbonyl (C=O) groups excluding carboxylic acids is 2. The van der Waals surface area contributed by atoms with E-state index in [9.17, 15) is 19.5 Å². The van der Waals surface area contributed by atoms with Crippen molar-refractivity contribution < 1.29 is 29.1 Å². The molecule has 2 rings (SSSR count). The third-order valence-electron chi connectivity index (χ3n) is 3.17. The molecule has 1 amide bonds. The van der Waals surface area contributed by atoms with Gasteiger partial charge in [0.15, 0.2) is 0 Å². The number of aromatic nitrogens is 2. The zero-order valence-corrected chi connectivity index (χ0v) is 12.2. The summed E-state index contributed by atoms with van der Waals surface area (Å²) in [4.78, 5) is 46.3. The molecule has 23 heavy (non-hydrogen) atoms. The van der Waals surface area contributed by atoms with Crippen molar-refractivity contribution in [2.75, 3.05) is 19.5 Å². The van der Waals surface area contributed by atoms with Crippen LogP contribution in [0.4, 0.5) is 5.82 Å². The van der Waals surface area contributed by atoms with Gasteiger partial charge in [-0.05, 0) is 6.07 Å². The molecule has 1 fully saturated rings. The minimum Gasteiger partial charge on any atom is -0.390 e. The maximum Gasteiger partial charge on any atom is 0.351 e. The number of hydroxylamine groups is 2. The molecule has 1 aromatic rings. The molecule has 0 unspecified atom stereocenters. The van der Waals surface area contributed by atoms with Gasteiger partial charge < -0.3 is 15.6 Å². The van der Waals surface area contributed by atoms with Crippen LogP contribution < -0.4 is 11.4 Å². The molecule has 3 atom stereocenters. The van der Waals surface area contributed by atoms with Crippen LogP contribution in [0.15, 0.2) is 17.1 Å². The van der Waals surface area contributed by atoms with Crippen molar-refractivity contribution in [2.45, 2.75) is 24.9 Å². The fourth-order valence-electron chi connectivity index (χ4n) is 2.07. The van der Waals surface area contributed by atoms with E-state index in [2.05, 4.69) is 9.82 Å². The molecule has 0 aromatic carbocycles. The second kappa shape index (κ2) is 7.28. The minimum absolute atomic E-state index is 0.0117. The molecule has 0 radical (unpaired) electrons. The fourth-order valence-corrected chi connectivity index (χ4v) is 2.07. The van der Waals surface area contributed by atoms with E-state index in [4.69, 9.17) is 15.3 Å². The summed E-state index contributed by atoms with van der Waals surface area (Å²) in [5, 5.41) is 10.3. The highest BCUT2D eigenvalue weighted by molar-refractivity contribution is 6.22. The number of anilines is 1. The first-order valence-corrected chi connectivity index (χ1v) is 6.60. The van der Waals surface area contributed by atoms with Crippen LogP contribution in [0.25, 0.3) is 0 Å². The van der Waals surface area contributed by atoms with Crippen LogP contribution in [0.5, 0.6) is 0 Å². The maximum absolute atomic E-state index is 11.7. The Morgan fingerprint density at radius 1 is 1.70 bits per heavy atom. The molecule has 3 N–H and O–H groups in total. The molecule has 0 spiro atoms. The van der Waals surface area contributed by atoms with Crippen LogP contribution in [0.2, 0.25) is 0 Å². The average molecular weight is 328 g/mol. The normalized spacial score (nSPS) is 23.7. The van der Waals surface area contributed by atoms with Crippen LogP contribution in [-0.2, 0) is 24.0 Å². The Kier molecular flexibility index (Phi) is 5.39.